The molecule has 0 radical (unpaired) electrons. The van der Waals surface area contributed by atoms with Crippen molar-refractivity contribution in [1.82, 2.24) is 15.0 Å². The molecule has 0 amide bonds. The molecule has 1 saturated heterocycles. The van der Waals surface area contributed by atoms with E-state index < -0.39 is 42.4 Å². The van der Waals surface area contributed by atoms with Gasteiger partial charge in [0.15, 0.2) is 18.4 Å². The van der Waals surface area contributed by atoms with Crippen LogP contribution in [-0.4, -0.2) is 57.8 Å². The third-order valence-corrected chi connectivity index (χ3v) is 4.45. The lowest BCUT2D eigenvalue weighted by atomic mass is 10.1. The Morgan fingerprint density at radius 2 is 1.72 bits per heavy atom. The van der Waals surface area contributed by atoms with Crippen molar-refractivity contribution in [3.8, 4) is 0 Å². The van der Waals surface area contributed by atoms with Gasteiger partial charge < -0.3 is 18.9 Å². The second kappa shape index (κ2) is 10.9. The predicted molar refractivity (Wildman–Crippen MR) is 99.5 cm³/mol. The third kappa shape index (κ3) is 6.81. The Hall–Kier alpha value is -2.49. The van der Waals surface area contributed by atoms with Crippen LogP contribution in [0.5, 0.6) is 0 Å². The minimum Gasteiger partial charge on any atom is -0.463 e. The number of esters is 3. The van der Waals surface area contributed by atoms with Gasteiger partial charge >= 0.3 is 17.9 Å². The minimum atomic E-state index is -0.952. The molecule has 1 aromatic rings. The van der Waals surface area contributed by atoms with Gasteiger partial charge in [0.1, 0.15) is 12.7 Å². The van der Waals surface area contributed by atoms with Crippen LogP contribution in [0.3, 0.4) is 0 Å². The van der Waals surface area contributed by atoms with Crippen molar-refractivity contribution >= 4 is 17.9 Å². The van der Waals surface area contributed by atoms with Crippen molar-refractivity contribution < 1.29 is 33.3 Å². The van der Waals surface area contributed by atoms with E-state index in [2.05, 4.69) is 17.2 Å². The third-order valence-electron chi connectivity index (χ3n) is 4.45. The first-order valence-electron chi connectivity index (χ1n) is 9.85. The lowest BCUT2D eigenvalue weighted by Gasteiger charge is -2.23. The molecular formula is C19H29N3O7. The molecule has 0 saturated carbocycles. The van der Waals surface area contributed by atoms with Crippen LogP contribution in [-0.2, 0) is 39.8 Å². The number of aryl methyl sites for hydroxylation is 1. The summed E-state index contributed by atoms with van der Waals surface area (Å²) in [5.74, 6) is -1.63. The summed E-state index contributed by atoms with van der Waals surface area (Å²) in [4.78, 5) is 34.4. The smallest absolute Gasteiger partial charge is 0.303 e. The maximum absolute atomic E-state index is 11.6. The zero-order valence-electron chi connectivity index (χ0n) is 17.3. The van der Waals surface area contributed by atoms with E-state index in [-0.39, 0.29) is 6.61 Å². The molecule has 2 heterocycles. The van der Waals surface area contributed by atoms with Gasteiger partial charge in [-0.05, 0) is 12.8 Å². The van der Waals surface area contributed by atoms with E-state index >= 15 is 0 Å². The molecule has 10 nitrogen and oxygen atoms in total. The highest BCUT2D eigenvalue weighted by atomic mass is 16.7. The highest BCUT2D eigenvalue weighted by Gasteiger charge is 2.51. The summed E-state index contributed by atoms with van der Waals surface area (Å²) in [6, 6.07) is 0. The van der Waals surface area contributed by atoms with Gasteiger partial charge in [-0.15, -0.1) is 5.10 Å². The van der Waals surface area contributed by atoms with E-state index in [1.54, 1.807) is 6.20 Å². The molecule has 29 heavy (non-hydrogen) atoms. The second-order valence-corrected chi connectivity index (χ2v) is 7.02. The molecule has 0 spiro atoms. The van der Waals surface area contributed by atoms with Crippen molar-refractivity contribution in [2.75, 3.05) is 6.61 Å². The number of rotatable bonds is 10. The van der Waals surface area contributed by atoms with Gasteiger partial charge in [0.25, 0.3) is 0 Å². The zero-order chi connectivity index (χ0) is 21.4. The Morgan fingerprint density at radius 1 is 1.03 bits per heavy atom. The quantitative estimate of drug-likeness (QED) is 0.322. The average Bonchev–Trinajstić information content (AvgIpc) is 3.22. The first-order chi connectivity index (χ1) is 13.8. The van der Waals surface area contributed by atoms with Crippen molar-refractivity contribution in [1.29, 1.82) is 0 Å². The zero-order valence-corrected chi connectivity index (χ0v) is 17.3. The highest BCUT2D eigenvalue weighted by molar-refractivity contribution is 5.67. The van der Waals surface area contributed by atoms with Gasteiger partial charge in [0.2, 0.25) is 0 Å². The fourth-order valence-corrected chi connectivity index (χ4v) is 3.19. The summed E-state index contributed by atoms with van der Waals surface area (Å²) in [7, 11) is 0. The molecule has 1 aliphatic rings. The summed E-state index contributed by atoms with van der Waals surface area (Å²) in [5.41, 5.74) is 0.791. The number of carbonyl (C=O) groups excluding carboxylic acids is 3. The van der Waals surface area contributed by atoms with Crippen LogP contribution in [0.1, 0.15) is 65.3 Å². The predicted octanol–water partition coefficient (Wildman–Crippen LogP) is 1.72. The van der Waals surface area contributed by atoms with Crippen LogP contribution in [0.4, 0.5) is 0 Å². The molecule has 0 unspecified atom stereocenters. The fraction of sp³-hybridized carbons (Fsp3) is 0.737. The van der Waals surface area contributed by atoms with Gasteiger partial charge in [0, 0.05) is 20.8 Å². The fourth-order valence-electron chi connectivity index (χ4n) is 3.19. The Balaban J connectivity index is 2.18. The van der Waals surface area contributed by atoms with E-state index in [9.17, 15) is 14.4 Å². The minimum absolute atomic E-state index is 0.153. The number of aromatic nitrogens is 3. The van der Waals surface area contributed by atoms with E-state index in [1.807, 2.05) is 0 Å². The number of hydrogen-bond acceptors (Lipinski definition) is 9. The first kappa shape index (κ1) is 22.8. The van der Waals surface area contributed by atoms with Crippen LogP contribution < -0.4 is 0 Å². The normalized spacial score (nSPS) is 23.6. The monoisotopic (exact) mass is 411 g/mol. The van der Waals surface area contributed by atoms with Crippen LogP contribution in [0, 0.1) is 0 Å². The van der Waals surface area contributed by atoms with Gasteiger partial charge in [-0.1, -0.05) is 31.4 Å². The van der Waals surface area contributed by atoms with Crippen LogP contribution in [0.25, 0.3) is 0 Å². The maximum atomic E-state index is 11.6. The summed E-state index contributed by atoms with van der Waals surface area (Å²) < 4.78 is 23.1. The number of nitrogens with zero attached hydrogens (tertiary/aromatic N) is 3. The topological polar surface area (TPSA) is 119 Å². The Morgan fingerprint density at radius 3 is 2.34 bits per heavy atom. The van der Waals surface area contributed by atoms with Crippen molar-refractivity contribution in [3.05, 3.63) is 11.9 Å². The first-order valence-corrected chi connectivity index (χ1v) is 9.85. The van der Waals surface area contributed by atoms with Crippen molar-refractivity contribution in [3.63, 3.8) is 0 Å². The largest absolute Gasteiger partial charge is 0.463 e. The summed E-state index contributed by atoms with van der Waals surface area (Å²) in [5, 5.41) is 8.26. The van der Waals surface area contributed by atoms with Gasteiger partial charge in [-0.25, -0.2) is 4.68 Å². The maximum Gasteiger partial charge on any atom is 0.303 e. The standard InChI is InChI=1S/C19H29N3O7/c1-5-6-7-8-9-15-10-22(21-20-15)19-18(28-14(4)25)17(27-13(3)24)16(29-19)11-26-12(2)23/h10,16-19H,5-9,11H2,1-4H3/t16-,17-,18-,19-/m1/s1. The summed E-state index contributed by atoms with van der Waals surface area (Å²) in [6.07, 6.45) is 3.35. The highest BCUT2D eigenvalue weighted by Crippen LogP contribution is 2.34. The van der Waals surface area contributed by atoms with E-state index in [1.165, 1.54) is 25.5 Å². The Kier molecular flexibility index (Phi) is 8.56. The average molecular weight is 411 g/mol. The number of carbonyl (C=O) groups is 3. The Labute approximate surface area is 169 Å². The number of unbranched alkanes of at least 4 members (excludes halogenated alkanes) is 3. The van der Waals surface area contributed by atoms with Crippen molar-refractivity contribution in [2.24, 2.45) is 0 Å². The molecule has 0 aromatic carbocycles. The molecule has 1 aromatic heterocycles. The van der Waals surface area contributed by atoms with E-state index in [0.29, 0.717) is 0 Å². The lowest BCUT2D eigenvalue weighted by Crippen LogP contribution is -2.40. The van der Waals surface area contributed by atoms with E-state index in [0.717, 1.165) is 37.8 Å². The molecule has 0 N–H and O–H groups in total. The lowest BCUT2D eigenvalue weighted by molar-refractivity contribution is -0.166. The molecule has 1 aliphatic heterocycles. The van der Waals surface area contributed by atoms with Gasteiger partial charge in [-0.3, -0.25) is 14.4 Å². The molecule has 4 atom stereocenters. The van der Waals surface area contributed by atoms with Crippen LogP contribution in [0.15, 0.2) is 6.20 Å². The SMILES string of the molecule is CCCCCCc1cn([C@@H]2O[C@H](COC(C)=O)[C@@H](OC(C)=O)[C@H]2OC(C)=O)nn1. The van der Waals surface area contributed by atoms with Gasteiger partial charge in [0.05, 0.1) is 11.9 Å². The van der Waals surface area contributed by atoms with Gasteiger partial charge in [-0.2, -0.15) is 0 Å². The van der Waals surface area contributed by atoms with Crippen LogP contribution >= 0.6 is 0 Å². The Bertz CT molecular complexity index is 706. The molecule has 2 rings (SSSR count). The number of ether oxygens (including phenoxy) is 4. The molecular weight excluding hydrogens is 382 g/mol. The van der Waals surface area contributed by atoms with Crippen molar-refractivity contribution in [2.45, 2.75) is 84.3 Å². The molecule has 162 valence electrons. The van der Waals surface area contributed by atoms with Crippen LogP contribution in [0.2, 0.25) is 0 Å². The second-order valence-electron chi connectivity index (χ2n) is 7.02. The molecule has 1 fully saturated rings. The summed E-state index contributed by atoms with van der Waals surface area (Å²) in [6.45, 7) is 5.75. The van der Waals surface area contributed by atoms with E-state index in [4.69, 9.17) is 18.9 Å². The summed E-state index contributed by atoms with van der Waals surface area (Å²) >= 11 is 0. The number of hydrogen-bond donors (Lipinski definition) is 0. The molecule has 10 heteroatoms. The molecule has 0 aliphatic carbocycles. The molecule has 0 bridgehead atoms.